The number of nitrogen functional groups attached to an aromatic ring is 1. The van der Waals surface area contributed by atoms with Gasteiger partial charge in [-0.15, -0.1) is 0 Å². The minimum Gasteiger partial charge on any atom is -0.493 e. The number of H-pyrrole nitrogens is 1. The lowest BCUT2D eigenvalue weighted by Crippen LogP contribution is -2.16. The average molecular weight is 450 g/mol. The van der Waals surface area contributed by atoms with Crippen LogP contribution >= 0.6 is 0 Å². The minimum atomic E-state index is -0.735. The van der Waals surface area contributed by atoms with Crippen molar-refractivity contribution >= 4 is 11.8 Å². The van der Waals surface area contributed by atoms with E-state index in [1.807, 2.05) is 6.07 Å². The molecule has 2 heterocycles. The molecule has 0 fully saturated rings. The van der Waals surface area contributed by atoms with Crippen LogP contribution < -0.4 is 25.5 Å². The molecule has 11 heteroatoms. The molecule has 0 aliphatic carbocycles. The van der Waals surface area contributed by atoms with Crippen LogP contribution in [0.5, 0.6) is 17.2 Å². The zero-order valence-corrected chi connectivity index (χ0v) is 17.8. The third-order valence-electron chi connectivity index (χ3n) is 4.62. The van der Waals surface area contributed by atoms with Gasteiger partial charge in [-0.1, -0.05) is 0 Å². The zero-order valence-electron chi connectivity index (χ0n) is 17.8. The maximum absolute atomic E-state index is 12.2. The van der Waals surface area contributed by atoms with Crippen molar-refractivity contribution in [2.24, 2.45) is 0 Å². The number of methoxy groups -OCH3 is 3. The van der Waals surface area contributed by atoms with Crippen LogP contribution in [-0.4, -0.2) is 32.3 Å². The molecule has 0 amide bonds. The Morgan fingerprint density at radius 3 is 2.27 bits per heavy atom. The molecule has 0 spiro atoms. The molecule has 33 heavy (non-hydrogen) atoms. The van der Waals surface area contributed by atoms with E-state index in [9.17, 15) is 20.1 Å². The summed E-state index contributed by atoms with van der Waals surface area (Å²) in [6, 6.07) is 9.68. The number of carbonyl (C=O) groups is 1. The van der Waals surface area contributed by atoms with E-state index >= 15 is 0 Å². The fraction of sp³-hybridized carbons (Fsp3) is 0.182. The molecule has 3 rings (SSSR count). The van der Waals surface area contributed by atoms with Crippen LogP contribution in [0.25, 0.3) is 11.1 Å². The number of aromatic nitrogens is 1. The lowest BCUT2D eigenvalue weighted by atomic mass is 9.96. The number of ether oxygens (including phenoxy) is 4. The number of carbonyl (C=O) groups excluding carboxylic acids is 1. The van der Waals surface area contributed by atoms with Crippen LogP contribution in [0.4, 0.5) is 5.82 Å². The van der Waals surface area contributed by atoms with Crippen LogP contribution in [0.2, 0.25) is 0 Å². The Morgan fingerprint density at radius 1 is 1.09 bits per heavy atom. The van der Waals surface area contributed by atoms with Gasteiger partial charge in [0, 0.05) is 5.56 Å². The highest BCUT2D eigenvalue weighted by Crippen LogP contribution is 2.43. The Labute approximate surface area is 187 Å². The number of benzene rings is 1. The van der Waals surface area contributed by atoms with E-state index in [0.29, 0.717) is 5.76 Å². The number of nitrogens with one attached hydrogen (secondary N) is 1. The second-order valence-electron chi connectivity index (χ2n) is 6.47. The van der Waals surface area contributed by atoms with Gasteiger partial charge in [-0.05, 0) is 29.8 Å². The normalized spacial score (nSPS) is 10.1. The third kappa shape index (κ3) is 4.29. The fourth-order valence-corrected chi connectivity index (χ4v) is 3.11. The molecule has 0 aliphatic heterocycles. The lowest BCUT2D eigenvalue weighted by Gasteiger charge is -2.17. The second-order valence-corrected chi connectivity index (χ2v) is 6.47. The number of rotatable bonds is 7. The van der Waals surface area contributed by atoms with E-state index in [1.54, 1.807) is 12.1 Å². The minimum absolute atomic E-state index is 0.0188. The zero-order chi connectivity index (χ0) is 24.1. The summed E-state index contributed by atoms with van der Waals surface area (Å²) in [6.07, 6.45) is 0. The number of esters is 1. The van der Waals surface area contributed by atoms with Gasteiger partial charge >= 0.3 is 5.97 Å². The highest BCUT2D eigenvalue weighted by Gasteiger charge is 2.23. The number of furan rings is 1. The van der Waals surface area contributed by atoms with Gasteiger partial charge in [0.1, 0.15) is 41.5 Å². The number of nitrogens with zero attached hydrogens (tertiary/aromatic N) is 2. The topological polar surface area (TPSA) is 174 Å². The standard InChI is InChI=1S/C22H18N4O7/c1-29-16-6-11(18-13(8-23)20(25)26-21(27)14(18)9-24)7-17(30-2)19(16)32-10-12-4-5-15(33-12)22(28)31-3/h4-7H,10H2,1-3H3,(H3,25,26,27). The summed E-state index contributed by atoms with van der Waals surface area (Å²) in [6.45, 7) is -0.0755. The molecule has 0 radical (unpaired) electrons. The molecule has 168 valence electrons. The largest absolute Gasteiger partial charge is 0.493 e. The number of anilines is 1. The van der Waals surface area contributed by atoms with E-state index < -0.39 is 11.5 Å². The molecule has 0 atom stereocenters. The smallest absolute Gasteiger partial charge is 0.373 e. The first-order valence-electron chi connectivity index (χ1n) is 9.30. The molecule has 1 aromatic carbocycles. The van der Waals surface area contributed by atoms with Crippen LogP contribution in [0.1, 0.15) is 27.4 Å². The first-order chi connectivity index (χ1) is 15.9. The molecule has 0 aliphatic rings. The molecule has 2 aromatic heterocycles. The quantitative estimate of drug-likeness (QED) is 0.508. The van der Waals surface area contributed by atoms with Gasteiger partial charge in [0.25, 0.3) is 5.56 Å². The van der Waals surface area contributed by atoms with Crippen LogP contribution in [0.15, 0.2) is 33.5 Å². The summed E-state index contributed by atoms with van der Waals surface area (Å²) in [5, 5.41) is 19.1. The number of hydrogen-bond donors (Lipinski definition) is 2. The first kappa shape index (κ1) is 22.8. The number of pyridine rings is 1. The van der Waals surface area contributed by atoms with E-state index in [0.717, 1.165) is 0 Å². The van der Waals surface area contributed by atoms with Crippen molar-refractivity contribution in [3.63, 3.8) is 0 Å². The molecule has 11 nitrogen and oxygen atoms in total. The average Bonchev–Trinajstić information content (AvgIpc) is 3.30. The highest BCUT2D eigenvalue weighted by molar-refractivity contribution is 5.86. The maximum atomic E-state index is 12.2. The lowest BCUT2D eigenvalue weighted by molar-refractivity contribution is 0.0560. The van der Waals surface area contributed by atoms with Crippen LogP contribution in [-0.2, 0) is 11.3 Å². The van der Waals surface area contributed by atoms with Gasteiger partial charge < -0.3 is 34.1 Å². The molecule has 3 aromatic rings. The predicted octanol–water partition coefficient (Wildman–Crippen LogP) is 2.34. The van der Waals surface area contributed by atoms with Crippen molar-refractivity contribution in [3.8, 4) is 40.5 Å². The molecule has 0 bridgehead atoms. The van der Waals surface area contributed by atoms with E-state index in [2.05, 4.69) is 9.72 Å². The monoisotopic (exact) mass is 450 g/mol. The Hall–Kier alpha value is -4.90. The van der Waals surface area contributed by atoms with Gasteiger partial charge in [0.2, 0.25) is 11.5 Å². The van der Waals surface area contributed by atoms with Crippen molar-refractivity contribution in [2.75, 3.05) is 27.1 Å². The summed E-state index contributed by atoms with van der Waals surface area (Å²) < 4.78 is 26.6. The van der Waals surface area contributed by atoms with Crippen molar-refractivity contribution in [2.45, 2.75) is 6.61 Å². The molecular formula is C22H18N4O7. The SMILES string of the molecule is COC(=O)c1ccc(COc2c(OC)cc(-c3c(C#N)c(N)[nH]c(=O)c3C#N)cc2OC)o1. The Balaban J connectivity index is 2.08. The predicted molar refractivity (Wildman–Crippen MR) is 114 cm³/mol. The third-order valence-corrected chi connectivity index (χ3v) is 4.62. The van der Waals surface area contributed by atoms with Crippen LogP contribution in [0, 0.1) is 22.7 Å². The Bertz CT molecular complexity index is 1330. The summed E-state index contributed by atoms with van der Waals surface area (Å²) in [7, 11) is 4.01. The number of nitrogens with two attached hydrogens (primary N) is 1. The number of hydrogen-bond acceptors (Lipinski definition) is 10. The second kappa shape index (κ2) is 9.49. The molecule has 0 saturated carbocycles. The summed E-state index contributed by atoms with van der Waals surface area (Å²) in [4.78, 5) is 26.1. The van der Waals surface area contributed by atoms with Gasteiger partial charge in [-0.25, -0.2) is 4.79 Å². The van der Waals surface area contributed by atoms with Crippen molar-refractivity contribution in [1.29, 1.82) is 10.5 Å². The Morgan fingerprint density at radius 2 is 1.73 bits per heavy atom. The number of nitriles is 2. The van der Waals surface area contributed by atoms with E-state index in [4.69, 9.17) is 24.4 Å². The van der Waals surface area contributed by atoms with Gasteiger partial charge in [-0.3, -0.25) is 4.79 Å². The van der Waals surface area contributed by atoms with Gasteiger partial charge in [-0.2, -0.15) is 10.5 Å². The fourth-order valence-electron chi connectivity index (χ4n) is 3.11. The first-order valence-corrected chi connectivity index (χ1v) is 9.30. The maximum Gasteiger partial charge on any atom is 0.373 e. The van der Waals surface area contributed by atoms with E-state index in [-0.39, 0.29) is 57.7 Å². The van der Waals surface area contributed by atoms with Crippen molar-refractivity contribution in [3.05, 3.63) is 57.3 Å². The summed E-state index contributed by atoms with van der Waals surface area (Å²) in [5.74, 6) is 0.129. The molecule has 0 unspecified atom stereocenters. The van der Waals surface area contributed by atoms with Gasteiger partial charge in [0.15, 0.2) is 11.5 Å². The van der Waals surface area contributed by atoms with Gasteiger partial charge in [0.05, 0.1) is 21.3 Å². The molecule has 3 N–H and O–H groups in total. The van der Waals surface area contributed by atoms with E-state index in [1.165, 1.54) is 39.5 Å². The molecule has 0 saturated heterocycles. The van der Waals surface area contributed by atoms with Crippen molar-refractivity contribution < 1.29 is 28.2 Å². The number of aromatic amines is 1. The van der Waals surface area contributed by atoms with Crippen LogP contribution in [0.3, 0.4) is 0 Å². The summed E-state index contributed by atoms with van der Waals surface area (Å²) >= 11 is 0. The van der Waals surface area contributed by atoms with Crippen molar-refractivity contribution in [1.82, 2.24) is 4.98 Å². The Kier molecular flexibility index (Phi) is 6.55. The highest BCUT2D eigenvalue weighted by atomic mass is 16.5. The molecular weight excluding hydrogens is 432 g/mol. The summed E-state index contributed by atoms with van der Waals surface area (Å²) in [5.41, 5.74) is 5.02.